The molecule has 4 nitrogen and oxygen atoms in total. The zero-order chi connectivity index (χ0) is 13.0. The zero-order valence-corrected chi connectivity index (χ0v) is 10.9. The van der Waals surface area contributed by atoms with Gasteiger partial charge in [-0.25, -0.2) is 0 Å². The highest BCUT2D eigenvalue weighted by molar-refractivity contribution is 5.82. The normalized spacial score (nSPS) is 16.3. The van der Waals surface area contributed by atoms with Gasteiger partial charge < -0.3 is 10.6 Å². The van der Waals surface area contributed by atoms with Crippen LogP contribution in [0.5, 0.6) is 0 Å². The Labute approximate surface area is 108 Å². The molecule has 98 valence electrons. The third-order valence-electron chi connectivity index (χ3n) is 3.25. The number of aromatic nitrogens is 1. The fourth-order valence-electron chi connectivity index (χ4n) is 2.09. The third kappa shape index (κ3) is 3.29. The molecule has 1 saturated carbocycles. The van der Waals surface area contributed by atoms with E-state index in [0.717, 1.165) is 31.4 Å². The fraction of sp³-hybridized carbons (Fsp3) is 0.571. The molecule has 2 N–H and O–H groups in total. The van der Waals surface area contributed by atoms with Gasteiger partial charge in [-0.05, 0) is 31.4 Å². The van der Waals surface area contributed by atoms with E-state index in [1.165, 1.54) is 0 Å². The minimum atomic E-state index is -0.362. The summed E-state index contributed by atoms with van der Waals surface area (Å²) in [5, 5.41) is 0. The monoisotopic (exact) mass is 247 g/mol. The van der Waals surface area contributed by atoms with Crippen molar-refractivity contribution >= 4 is 5.91 Å². The summed E-state index contributed by atoms with van der Waals surface area (Å²) in [7, 11) is 0. The van der Waals surface area contributed by atoms with Crippen LogP contribution in [0.2, 0.25) is 0 Å². The first kappa shape index (κ1) is 13.0. The summed E-state index contributed by atoms with van der Waals surface area (Å²) in [6, 6.07) is 5.80. The first-order chi connectivity index (χ1) is 8.72. The smallest absolute Gasteiger partial charge is 0.240 e. The third-order valence-corrected chi connectivity index (χ3v) is 3.25. The molecule has 1 aromatic heterocycles. The van der Waals surface area contributed by atoms with Crippen molar-refractivity contribution in [1.82, 2.24) is 9.88 Å². The van der Waals surface area contributed by atoms with Gasteiger partial charge in [0, 0.05) is 12.2 Å². The zero-order valence-electron chi connectivity index (χ0n) is 10.9. The van der Waals surface area contributed by atoms with Crippen LogP contribution in [0.3, 0.4) is 0 Å². The lowest BCUT2D eigenvalue weighted by Gasteiger charge is -2.25. The summed E-state index contributed by atoms with van der Waals surface area (Å²) in [5.74, 6) is 0.0741. The number of nitrogens with zero attached hydrogens (tertiary/aromatic N) is 2. The highest BCUT2D eigenvalue weighted by atomic mass is 16.2. The Kier molecular flexibility index (Phi) is 4.31. The van der Waals surface area contributed by atoms with Gasteiger partial charge in [0.05, 0.1) is 18.3 Å². The molecule has 1 amide bonds. The van der Waals surface area contributed by atoms with Crippen molar-refractivity contribution in [3.05, 3.63) is 30.1 Å². The van der Waals surface area contributed by atoms with Gasteiger partial charge in [0.15, 0.2) is 0 Å². The molecular formula is C14H21N3O. The van der Waals surface area contributed by atoms with Crippen molar-refractivity contribution in [3.8, 4) is 0 Å². The second kappa shape index (κ2) is 5.96. The van der Waals surface area contributed by atoms with E-state index in [2.05, 4.69) is 4.98 Å². The molecule has 1 heterocycles. The SMILES string of the molecule is CCC[C@H](N)C(=O)N(Cc1ccccn1)C1CC1. The van der Waals surface area contributed by atoms with Crippen LogP contribution in [0.1, 0.15) is 38.3 Å². The van der Waals surface area contributed by atoms with E-state index < -0.39 is 0 Å². The van der Waals surface area contributed by atoms with Crippen LogP contribution >= 0.6 is 0 Å². The molecule has 0 radical (unpaired) electrons. The van der Waals surface area contributed by atoms with E-state index in [4.69, 9.17) is 5.73 Å². The van der Waals surface area contributed by atoms with E-state index in [1.807, 2.05) is 30.0 Å². The molecule has 1 aliphatic carbocycles. The Balaban J connectivity index is 2.02. The summed E-state index contributed by atoms with van der Waals surface area (Å²) >= 11 is 0. The Bertz CT molecular complexity index is 389. The van der Waals surface area contributed by atoms with Gasteiger partial charge in [-0.1, -0.05) is 19.4 Å². The predicted octanol–water partition coefficient (Wildman–Crippen LogP) is 1.70. The van der Waals surface area contributed by atoms with Crippen LogP contribution in [-0.4, -0.2) is 27.9 Å². The number of hydrogen-bond acceptors (Lipinski definition) is 3. The number of nitrogens with two attached hydrogens (primary N) is 1. The largest absolute Gasteiger partial charge is 0.332 e. The molecule has 18 heavy (non-hydrogen) atoms. The van der Waals surface area contributed by atoms with Gasteiger partial charge >= 0.3 is 0 Å². The molecule has 1 aromatic rings. The van der Waals surface area contributed by atoms with Crippen LogP contribution in [0.4, 0.5) is 0 Å². The Morgan fingerprint density at radius 1 is 1.56 bits per heavy atom. The molecule has 0 aromatic carbocycles. The maximum Gasteiger partial charge on any atom is 0.240 e. The van der Waals surface area contributed by atoms with E-state index in [-0.39, 0.29) is 11.9 Å². The van der Waals surface area contributed by atoms with Gasteiger partial charge in [0.25, 0.3) is 0 Å². The van der Waals surface area contributed by atoms with Crippen molar-refractivity contribution in [2.45, 2.75) is 51.2 Å². The van der Waals surface area contributed by atoms with Crippen molar-refractivity contribution in [1.29, 1.82) is 0 Å². The van der Waals surface area contributed by atoms with Gasteiger partial charge in [-0.15, -0.1) is 0 Å². The summed E-state index contributed by atoms with van der Waals surface area (Å²) < 4.78 is 0. The van der Waals surface area contributed by atoms with Crippen molar-refractivity contribution in [2.75, 3.05) is 0 Å². The second-order valence-corrected chi connectivity index (χ2v) is 4.91. The quantitative estimate of drug-likeness (QED) is 0.832. The molecule has 0 aliphatic heterocycles. The highest BCUT2D eigenvalue weighted by Crippen LogP contribution is 2.28. The van der Waals surface area contributed by atoms with Crippen molar-refractivity contribution in [3.63, 3.8) is 0 Å². The Morgan fingerprint density at radius 3 is 2.89 bits per heavy atom. The molecule has 1 atom stereocenters. The molecule has 0 saturated heterocycles. The van der Waals surface area contributed by atoms with E-state index in [0.29, 0.717) is 12.6 Å². The molecular weight excluding hydrogens is 226 g/mol. The summed E-state index contributed by atoms with van der Waals surface area (Å²) in [4.78, 5) is 18.5. The fourth-order valence-corrected chi connectivity index (χ4v) is 2.09. The minimum Gasteiger partial charge on any atom is -0.332 e. The van der Waals surface area contributed by atoms with Crippen LogP contribution in [0.15, 0.2) is 24.4 Å². The number of amides is 1. The Hall–Kier alpha value is -1.42. The molecule has 2 rings (SSSR count). The molecule has 4 heteroatoms. The van der Waals surface area contributed by atoms with Gasteiger partial charge in [0.2, 0.25) is 5.91 Å². The standard InChI is InChI=1S/C14H21N3O/c1-2-5-13(15)14(18)17(12-7-8-12)10-11-6-3-4-9-16-11/h3-4,6,9,12-13H,2,5,7-8,10,15H2,1H3/t13-/m0/s1. The topological polar surface area (TPSA) is 59.2 Å². The predicted molar refractivity (Wildman–Crippen MR) is 70.7 cm³/mol. The summed E-state index contributed by atoms with van der Waals surface area (Å²) in [5.41, 5.74) is 6.87. The maximum absolute atomic E-state index is 12.3. The maximum atomic E-state index is 12.3. The van der Waals surface area contributed by atoms with Gasteiger partial charge in [-0.2, -0.15) is 0 Å². The van der Waals surface area contributed by atoms with Crippen LogP contribution in [0, 0.1) is 0 Å². The summed E-state index contributed by atoms with van der Waals surface area (Å²) in [6.45, 7) is 2.63. The highest BCUT2D eigenvalue weighted by Gasteiger charge is 2.34. The van der Waals surface area contributed by atoms with E-state index in [1.54, 1.807) is 6.20 Å². The molecule has 0 unspecified atom stereocenters. The minimum absolute atomic E-state index is 0.0741. The summed E-state index contributed by atoms with van der Waals surface area (Å²) in [6.07, 6.45) is 5.64. The number of pyridine rings is 1. The van der Waals surface area contributed by atoms with Crippen LogP contribution in [0.25, 0.3) is 0 Å². The first-order valence-electron chi connectivity index (χ1n) is 6.68. The van der Waals surface area contributed by atoms with Crippen LogP contribution in [-0.2, 0) is 11.3 Å². The average Bonchev–Trinajstić information content (AvgIpc) is 3.21. The lowest BCUT2D eigenvalue weighted by atomic mass is 10.1. The van der Waals surface area contributed by atoms with Gasteiger partial charge in [0.1, 0.15) is 0 Å². The lowest BCUT2D eigenvalue weighted by Crippen LogP contribution is -2.44. The molecule has 1 fully saturated rings. The molecule has 0 spiro atoms. The average molecular weight is 247 g/mol. The number of carbonyl (C=O) groups is 1. The number of hydrogen-bond donors (Lipinski definition) is 1. The van der Waals surface area contributed by atoms with E-state index in [9.17, 15) is 4.79 Å². The molecule has 1 aliphatic rings. The lowest BCUT2D eigenvalue weighted by molar-refractivity contribution is -0.134. The molecule has 0 bridgehead atoms. The Morgan fingerprint density at radius 2 is 2.33 bits per heavy atom. The first-order valence-corrected chi connectivity index (χ1v) is 6.68. The van der Waals surface area contributed by atoms with Crippen LogP contribution < -0.4 is 5.73 Å². The number of rotatable bonds is 6. The van der Waals surface area contributed by atoms with E-state index >= 15 is 0 Å². The van der Waals surface area contributed by atoms with Gasteiger partial charge in [-0.3, -0.25) is 9.78 Å². The number of carbonyl (C=O) groups excluding carboxylic acids is 1. The van der Waals surface area contributed by atoms with Crippen molar-refractivity contribution in [2.24, 2.45) is 5.73 Å². The van der Waals surface area contributed by atoms with Crippen molar-refractivity contribution < 1.29 is 4.79 Å². The second-order valence-electron chi connectivity index (χ2n) is 4.91.